The lowest BCUT2D eigenvalue weighted by molar-refractivity contribution is 0.0697. The fraction of sp³-hybridized carbons (Fsp3) is 0.192. The Morgan fingerprint density at radius 1 is 0.941 bits per heavy atom. The third-order valence-electron chi connectivity index (χ3n) is 5.42. The summed E-state index contributed by atoms with van der Waals surface area (Å²) in [5, 5.41) is 19.2. The molecule has 0 saturated carbocycles. The monoisotopic (exact) mass is 477 g/mol. The average molecular weight is 478 g/mol. The zero-order chi connectivity index (χ0) is 24.1. The molecule has 174 valence electrons. The van der Waals surface area contributed by atoms with Gasteiger partial charge in [0, 0.05) is 24.2 Å². The van der Waals surface area contributed by atoms with E-state index in [1.807, 2.05) is 18.2 Å². The first-order valence-electron chi connectivity index (χ1n) is 10.9. The molecular formula is C26H24FN3O3S. The Kier molecular flexibility index (Phi) is 7.18. The third-order valence-corrected chi connectivity index (χ3v) is 6.44. The molecule has 0 saturated heterocycles. The molecule has 0 bridgehead atoms. The average Bonchev–Trinajstić information content (AvgIpc) is 3.35. The van der Waals surface area contributed by atoms with E-state index in [0.717, 1.165) is 46.2 Å². The van der Waals surface area contributed by atoms with E-state index >= 15 is 0 Å². The molecule has 1 aromatic heterocycles. The topological polar surface area (TPSA) is 75.6 Å². The number of ether oxygens (including phenoxy) is 1. The molecule has 0 radical (unpaired) electrons. The van der Waals surface area contributed by atoms with Gasteiger partial charge in [0.15, 0.2) is 0 Å². The molecule has 0 aliphatic rings. The largest absolute Gasteiger partial charge is 0.487 e. The minimum Gasteiger partial charge on any atom is -0.487 e. The van der Waals surface area contributed by atoms with Crippen molar-refractivity contribution in [3.8, 4) is 26.9 Å². The highest BCUT2D eigenvalue weighted by Gasteiger charge is 2.15. The van der Waals surface area contributed by atoms with Crippen LogP contribution in [0.25, 0.3) is 21.1 Å². The van der Waals surface area contributed by atoms with Gasteiger partial charge in [0.05, 0.1) is 11.3 Å². The zero-order valence-electron chi connectivity index (χ0n) is 18.9. The number of carboxylic acid groups (broad SMARTS) is 1. The second kappa shape index (κ2) is 10.4. The quantitative estimate of drug-likeness (QED) is 0.312. The summed E-state index contributed by atoms with van der Waals surface area (Å²) in [6.07, 6.45) is 0. The van der Waals surface area contributed by atoms with Crippen molar-refractivity contribution in [2.24, 2.45) is 0 Å². The van der Waals surface area contributed by atoms with Crippen molar-refractivity contribution in [3.05, 3.63) is 83.7 Å². The molecule has 0 spiro atoms. The summed E-state index contributed by atoms with van der Waals surface area (Å²) in [6, 6.07) is 18.8. The van der Waals surface area contributed by atoms with Gasteiger partial charge in [0.25, 0.3) is 0 Å². The molecule has 0 aliphatic carbocycles. The molecule has 4 rings (SSSR count). The first-order chi connectivity index (χ1) is 16.5. The molecule has 0 atom stereocenters. The van der Waals surface area contributed by atoms with Crippen LogP contribution in [0.3, 0.4) is 0 Å². The van der Waals surface area contributed by atoms with E-state index in [4.69, 9.17) is 9.84 Å². The molecule has 3 aromatic carbocycles. The van der Waals surface area contributed by atoms with Crippen molar-refractivity contribution in [2.75, 3.05) is 18.0 Å². The van der Waals surface area contributed by atoms with Gasteiger partial charge in [-0.15, -0.1) is 10.2 Å². The fourth-order valence-corrected chi connectivity index (χ4v) is 4.38. The minimum atomic E-state index is -0.963. The van der Waals surface area contributed by atoms with Gasteiger partial charge < -0.3 is 14.7 Å². The smallest absolute Gasteiger partial charge is 0.335 e. The fourth-order valence-electron chi connectivity index (χ4n) is 3.54. The molecule has 1 N–H and O–H groups in total. The van der Waals surface area contributed by atoms with Crippen LogP contribution in [-0.4, -0.2) is 34.4 Å². The van der Waals surface area contributed by atoms with Crippen LogP contribution in [0.1, 0.15) is 29.8 Å². The summed E-state index contributed by atoms with van der Waals surface area (Å²) < 4.78 is 19.3. The van der Waals surface area contributed by atoms with Crippen LogP contribution in [-0.2, 0) is 6.61 Å². The van der Waals surface area contributed by atoms with E-state index in [1.54, 1.807) is 36.4 Å². The van der Waals surface area contributed by atoms with Gasteiger partial charge in [-0.05, 0) is 61.9 Å². The van der Waals surface area contributed by atoms with Crippen LogP contribution < -0.4 is 9.64 Å². The highest BCUT2D eigenvalue weighted by molar-refractivity contribution is 7.17. The molecule has 4 aromatic rings. The number of rotatable bonds is 9. The van der Waals surface area contributed by atoms with Gasteiger partial charge in [-0.25, -0.2) is 9.18 Å². The summed E-state index contributed by atoms with van der Waals surface area (Å²) in [7, 11) is 0. The summed E-state index contributed by atoms with van der Waals surface area (Å²) in [5.41, 5.74) is 3.80. The van der Waals surface area contributed by atoms with Crippen LogP contribution in [0.5, 0.6) is 5.75 Å². The van der Waals surface area contributed by atoms with E-state index < -0.39 is 5.97 Å². The zero-order valence-corrected chi connectivity index (χ0v) is 19.7. The second-order valence-corrected chi connectivity index (χ2v) is 8.54. The van der Waals surface area contributed by atoms with E-state index in [-0.39, 0.29) is 11.4 Å². The maximum absolute atomic E-state index is 13.2. The van der Waals surface area contributed by atoms with Crippen LogP contribution in [0.4, 0.5) is 10.1 Å². The van der Waals surface area contributed by atoms with Gasteiger partial charge in [-0.1, -0.05) is 35.6 Å². The van der Waals surface area contributed by atoms with Crippen LogP contribution in [0, 0.1) is 5.82 Å². The number of hydrogen-bond acceptors (Lipinski definition) is 6. The van der Waals surface area contributed by atoms with Crippen molar-refractivity contribution in [1.29, 1.82) is 0 Å². The molecule has 0 unspecified atom stereocenters. The summed E-state index contributed by atoms with van der Waals surface area (Å²) in [6.45, 7) is 6.13. The number of nitrogens with zero attached hydrogens (tertiary/aromatic N) is 3. The standard InChI is InChI=1S/C26H24FN3O3S/c1-3-30(4-2)22-15-20(11-14-23(22)33-16-17-5-12-21(27)13-6-17)25-29-28-24(34-25)18-7-9-19(10-8-18)26(31)32/h5-15H,3-4,16H2,1-2H3,(H,31,32). The lowest BCUT2D eigenvalue weighted by atomic mass is 10.1. The van der Waals surface area contributed by atoms with E-state index in [9.17, 15) is 9.18 Å². The maximum atomic E-state index is 13.2. The normalized spacial score (nSPS) is 10.8. The summed E-state index contributed by atoms with van der Waals surface area (Å²) >= 11 is 1.44. The number of aromatic carboxylic acids is 1. The third kappa shape index (κ3) is 5.23. The number of benzene rings is 3. The van der Waals surface area contributed by atoms with E-state index in [1.165, 1.54) is 23.5 Å². The molecule has 0 amide bonds. The first-order valence-corrected chi connectivity index (χ1v) is 11.7. The Morgan fingerprint density at radius 3 is 2.18 bits per heavy atom. The Balaban J connectivity index is 1.60. The SMILES string of the molecule is CCN(CC)c1cc(-c2nnc(-c3ccc(C(=O)O)cc3)s2)ccc1OCc1ccc(F)cc1. The van der Waals surface area contributed by atoms with Crippen molar-refractivity contribution < 1.29 is 19.0 Å². The molecule has 0 aliphatic heterocycles. The summed E-state index contributed by atoms with van der Waals surface area (Å²) in [4.78, 5) is 13.3. The van der Waals surface area contributed by atoms with Gasteiger partial charge >= 0.3 is 5.97 Å². The van der Waals surface area contributed by atoms with Crippen LogP contribution in [0.2, 0.25) is 0 Å². The van der Waals surface area contributed by atoms with Gasteiger partial charge in [0.1, 0.15) is 28.2 Å². The molecule has 8 heteroatoms. The number of carbonyl (C=O) groups is 1. The number of hydrogen-bond donors (Lipinski definition) is 1. The lowest BCUT2D eigenvalue weighted by Gasteiger charge is -2.24. The minimum absolute atomic E-state index is 0.230. The van der Waals surface area contributed by atoms with Gasteiger partial charge in [-0.3, -0.25) is 0 Å². The predicted octanol–water partition coefficient (Wildman–Crippen LogP) is 6.13. The van der Waals surface area contributed by atoms with Gasteiger partial charge in [-0.2, -0.15) is 0 Å². The molecule has 6 nitrogen and oxygen atoms in total. The van der Waals surface area contributed by atoms with Crippen molar-refractivity contribution in [1.82, 2.24) is 10.2 Å². The number of halogens is 1. The lowest BCUT2D eigenvalue weighted by Crippen LogP contribution is -2.22. The van der Waals surface area contributed by atoms with E-state index in [2.05, 4.69) is 28.9 Å². The molecule has 0 fully saturated rings. The predicted molar refractivity (Wildman–Crippen MR) is 132 cm³/mol. The Labute approximate surface area is 201 Å². The highest BCUT2D eigenvalue weighted by atomic mass is 32.1. The van der Waals surface area contributed by atoms with E-state index in [0.29, 0.717) is 11.6 Å². The van der Waals surface area contributed by atoms with Crippen molar-refractivity contribution in [2.45, 2.75) is 20.5 Å². The highest BCUT2D eigenvalue weighted by Crippen LogP contribution is 2.36. The number of aromatic nitrogens is 2. The number of anilines is 1. The Morgan fingerprint density at radius 2 is 1.56 bits per heavy atom. The van der Waals surface area contributed by atoms with Crippen molar-refractivity contribution >= 4 is 23.0 Å². The first kappa shape index (κ1) is 23.4. The Hall–Kier alpha value is -3.78. The van der Waals surface area contributed by atoms with Crippen molar-refractivity contribution in [3.63, 3.8) is 0 Å². The molecule has 34 heavy (non-hydrogen) atoms. The second-order valence-electron chi connectivity index (χ2n) is 7.56. The van der Waals surface area contributed by atoms with Crippen LogP contribution in [0.15, 0.2) is 66.7 Å². The Bertz CT molecular complexity index is 1270. The maximum Gasteiger partial charge on any atom is 0.335 e. The van der Waals surface area contributed by atoms with Crippen LogP contribution >= 0.6 is 11.3 Å². The summed E-state index contributed by atoms with van der Waals surface area (Å²) in [5.74, 6) is -0.493. The van der Waals surface area contributed by atoms with Gasteiger partial charge in [0.2, 0.25) is 0 Å². The number of carboxylic acids is 1. The molecule has 1 heterocycles. The molecular weight excluding hydrogens is 453 g/mol.